The van der Waals surface area contributed by atoms with Gasteiger partial charge >= 0.3 is 0 Å². The predicted molar refractivity (Wildman–Crippen MR) is 84.0 cm³/mol. The van der Waals surface area contributed by atoms with Crippen LogP contribution >= 0.6 is 11.8 Å². The minimum absolute atomic E-state index is 0.397. The van der Waals surface area contributed by atoms with Gasteiger partial charge in [0.2, 0.25) is 0 Å². The molecule has 0 amide bonds. The lowest BCUT2D eigenvalue weighted by Gasteiger charge is -2.18. The summed E-state index contributed by atoms with van der Waals surface area (Å²) in [5.74, 6) is 1.34. The van der Waals surface area contributed by atoms with Crippen molar-refractivity contribution in [1.29, 1.82) is 0 Å². The summed E-state index contributed by atoms with van der Waals surface area (Å²) in [6.07, 6.45) is 2.75. The topological polar surface area (TPSA) is 29.9 Å². The molecule has 1 aliphatic rings. The highest BCUT2D eigenvalue weighted by Crippen LogP contribution is 2.27. The Morgan fingerprint density at radius 1 is 1.37 bits per heavy atom. The highest BCUT2D eigenvalue weighted by atomic mass is 32.2. The number of nitrogens with one attached hydrogen (secondary N) is 1. The van der Waals surface area contributed by atoms with Gasteiger partial charge in [0.1, 0.15) is 0 Å². The lowest BCUT2D eigenvalue weighted by atomic mass is 10.1. The molecule has 0 aromatic carbocycles. The van der Waals surface area contributed by atoms with Crippen LogP contribution in [-0.4, -0.2) is 27.3 Å². The highest BCUT2D eigenvalue weighted by Gasteiger charge is 2.21. The molecule has 1 N–H and O–H groups in total. The van der Waals surface area contributed by atoms with Crippen LogP contribution in [0.4, 0.5) is 0 Å². The molecule has 1 aromatic rings. The Morgan fingerprint density at radius 3 is 2.63 bits per heavy atom. The van der Waals surface area contributed by atoms with Gasteiger partial charge < -0.3 is 5.32 Å². The maximum absolute atomic E-state index is 4.68. The molecular weight excluding hydrogens is 254 g/mol. The fourth-order valence-corrected chi connectivity index (χ4v) is 4.23. The second-order valence-corrected chi connectivity index (χ2v) is 7.30. The Labute approximate surface area is 121 Å². The van der Waals surface area contributed by atoms with Gasteiger partial charge in [-0.2, -0.15) is 16.9 Å². The second kappa shape index (κ2) is 6.31. The Morgan fingerprint density at radius 2 is 2.11 bits per heavy atom. The average molecular weight is 281 g/mol. The minimum Gasteiger partial charge on any atom is -0.309 e. The Hall–Kier alpha value is -0.480. The van der Waals surface area contributed by atoms with Crippen molar-refractivity contribution in [3.05, 3.63) is 17.0 Å². The molecule has 2 heterocycles. The average Bonchev–Trinajstić information content (AvgIpc) is 2.94. The van der Waals surface area contributed by atoms with Crippen LogP contribution < -0.4 is 5.32 Å². The Kier molecular flexibility index (Phi) is 4.96. The SMILES string of the molecule is Cc1nn(C(C)C)c(C)c1[C@@H](C)NC[C@@H]1CCCS1. The van der Waals surface area contributed by atoms with Crippen LogP contribution in [0, 0.1) is 13.8 Å². The third kappa shape index (κ3) is 3.34. The molecule has 0 saturated carbocycles. The maximum Gasteiger partial charge on any atom is 0.0644 e. The molecule has 1 aliphatic heterocycles. The van der Waals surface area contributed by atoms with E-state index in [0.29, 0.717) is 12.1 Å². The molecule has 1 saturated heterocycles. The van der Waals surface area contributed by atoms with Crippen LogP contribution in [0.1, 0.15) is 62.6 Å². The molecule has 19 heavy (non-hydrogen) atoms. The number of aromatic nitrogens is 2. The van der Waals surface area contributed by atoms with Crippen LogP contribution in [0.5, 0.6) is 0 Å². The van der Waals surface area contributed by atoms with E-state index in [0.717, 1.165) is 11.8 Å². The number of aryl methyl sites for hydroxylation is 1. The van der Waals surface area contributed by atoms with Gasteiger partial charge in [-0.25, -0.2) is 0 Å². The number of nitrogens with zero attached hydrogens (tertiary/aromatic N) is 2. The Balaban J connectivity index is 2.03. The number of hydrogen-bond donors (Lipinski definition) is 1. The van der Waals surface area contributed by atoms with Crippen molar-refractivity contribution in [3.63, 3.8) is 0 Å². The smallest absolute Gasteiger partial charge is 0.0644 e. The van der Waals surface area contributed by atoms with Crippen molar-refractivity contribution in [3.8, 4) is 0 Å². The number of hydrogen-bond acceptors (Lipinski definition) is 3. The van der Waals surface area contributed by atoms with Gasteiger partial charge in [-0.1, -0.05) is 0 Å². The van der Waals surface area contributed by atoms with Gasteiger partial charge in [-0.3, -0.25) is 4.68 Å². The van der Waals surface area contributed by atoms with Crippen LogP contribution in [-0.2, 0) is 0 Å². The molecule has 0 radical (unpaired) electrons. The molecule has 2 rings (SSSR count). The predicted octanol–water partition coefficient (Wildman–Crippen LogP) is 3.63. The zero-order valence-electron chi connectivity index (χ0n) is 12.9. The number of thioether (sulfide) groups is 1. The van der Waals surface area contributed by atoms with Gasteiger partial charge in [0.15, 0.2) is 0 Å². The summed E-state index contributed by atoms with van der Waals surface area (Å²) in [6.45, 7) is 12.1. The van der Waals surface area contributed by atoms with Crippen LogP contribution in [0.2, 0.25) is 0 Å². The minimum atomic E-state index is 0.397. The van der Waals surface area contributed by atoms with Crippen molar-refractivity contribution >= 4 is 11.8 Å². The van der Waals surface area contributed by atoms with E-state index in [1.165, 1.54) is 35.5 Å². The van der Waals surface area contributed by atoms with E-state index in [1.54, 1.807) is 0 Å². The van der Waals surface area contributed by atoms with E-state index in [9.17, 15) is 0 Å². The standard InChI is InChI=1S/C15H27N3S/c1-10(2)18-13(5)15(12(4)17-18)11(3)16-9-14-7-6-8-19-14/h10-11,14,16H,6-9H2,1-5H3/t11-,14+/m1/s1. The fraction of sp³-hybridized carbons (Fsp3) is 0.800. The van der Waals surface area contributed by atoms with Gasteiger partial charge in [0.25, 0.3) is 0 Å². The van der Waals surface area contributed by atoms with Gasteiger partial charge in [-0.15, -0.1) is 0 Å². The summed E-state index contributed by atoms with van der Waals surface area (Å²) in [5, 5.41) is 9.19. The maximum atomic E-state index is 4.68. The quantitative estimate of drug-likeness (QED) is 0.894. The van der Waals surface area contributed by atoms with E-state index < -0.39 is 0 Å². The first-order valence-electron chi connectivity index (χ1n) is 7.41. The molecular formula is C15H27N3S. The van der Waals surface area contributed by atoms with Crippen molar-refractivity contribution < 1.29 is 0 Å². The molecule has 0 unspecified atom stereocenters. The van der Waals surface area contributed by atoms with E-state index in [4.69, 9.17) is 0 Å². The largest absolute Gasteiger partial charge is 0.309 e. The van der Waals surface area contributed by atoms with E-state index in [2.05, 4.69) is 61.5 Å². The lowest BCUT2D eigenvalue weighted by Crippen LogP contribution is -2.26. The van der Waals surface area contributed by atoms with Crippen molar-refractivity contribution in [1.82, 2.24) is 15.1 Å². The molecule has 4 heteroatoms. The monoisotopic (exact) mass is 281 g/mol. The zero-order valence-corrected chi connectivity index (χ0v) is 13.7. The number of rotatable bonds is 5. The summed E-state index contributed by atoms with van der Waals surface area (Å²) in [7, 11) is 0. The molecule has 2 atom stereocenters. The van der Waals surface area contributed by atoms with Gasteiger partial charge in [0.05, 0.1) is 5.69 Å². The van der Waals surface area contributed by atoms with Crippen LogP contribution in [0.15, 0.2) is 0 Å². The van der Waals surface area contributed by atoms with Crippen molar-refractivity contribution in [2.75, 3.05) is 12.3 Å². The van der Waals surface area contributed by atoms with E-state index in [1.807, 2.05) is 0 Å². The summed E-state index contributed by atoms with van der Waals surface area (Å²) < 4.78 is 2.15. The third-order valence-corrected chi connectivity index (χ3v) is 5.38. The molecule has 0 aliphatic carbocycles. The summed E-state index contributed by atoms with van der Waals surface area (Å²) >= 11 is 2.11. The molecule has 108 valence electrons. The first-order valence-corrected chi connectivity index (χ1v) is 8.46. The summed E-state index contributed by atoms with van der Waals surface area (Å²) in [6, 6.07) is 0.832. The lowest BCUT2D eigenvalue weighted by molar-refractivity contribution is 0.511. The van der Waals surface area contributed by atoms with Gasteiger partial charge in [0, 0.05) is 35.1 Å². The molecule has 3 nitrogen and oxygen atoms in total. The van der Waals surface area contributed by atoms with Crippen molar-refractivity contribution in [2.24, 2.45) is 0 Å². The molecule has 0 spiro atoms. The second-order valence-electron chi connectivity index (χ2n) is 5.89. The zero-order chi connectivity index (χ0) is 14.0. The molecule has 0 bridgehead atoms. The fourth-order valence-electron chi connectivity index (χ4n) is 3.02. The van der Waals surface area contributed by atoms with E-state index >= 15 is 0 Å². The third-order valence-electron chi connectivity index (χ3n) is 3.98. The summed E-state index contributed by atoms with van der Waals surface area (Å²) in [4.78, 5) is 0. The summed E-state index contributed by atoms with van der Waals surface area (Å²) in [5.41, 5.74) is 3.87. The first kappa shape index (κ1) is 14.9. The van der Waals surface area contributed by atoms with Crippen molar-refractivity contribution in [2.45, 2.75) is 64.8 Å². The Bertz CT molecular complexity index is 419. The molecule has 1 aromatic heterocycles. The highest BCUT2D eigenvalue weighted by molar-refractivity contribution is 8.00. The van der Waals surface area contributed by atoms with Crippen LogP contribution in [0.25, 0.3) is 0 Å². The van der Waals surface area contributed by atoms with Gasteiger partial charge in [-0.05, 0) is 53.2 Å². The van der Waals surface area contributed by atoms with Crippen LogP contribution in [0.3, 0.4) is 0 Å². The van der Waals surface area contributed by atoms with E-state index in [-0.39, 0.29) is 0 Å². The normalized spacial score (nSPS) is 21.3. The first-order chi connectivity index (χ1) is 9.00. The molecule has 1 fully saturated rings.